The number of rotatable bonds is 3. The van der Waals surface area contributed by atoms with Gasteiger partial charge in [-0.1, -0.05) is 19.3 Å². The van der Waals surface area contributed by atoms with Crippen molar-refractivity contribution < 1.29 is 14.6 Å². The van der Waals surface area contributed by atoms with Crippen LogP contribution in [-0.2, 0) is 0 Å². The molecule has 100 valence electrons. The summed E-state index contributed by atoms with van der Waals surface area (Å²) in [6, 6.07) is 1.61. The van der Waals surface area contributed by atoms with Gasteiger partial charge in [-0.25, -0.2) is 0 Å². The van der Waals surface area contributed by atoms with Gasteiger partial charge in [-0.2, -0.15) is 0 Å². The Morgan fingerprint density at radius 3 is 2.94 bits per heavy atom. The molecule has 1 aromatic heterocycles. The molecule has 4 nitrogen and oxygen atoms in total. The first kappa shape index (κ1) is 13.4. The Bertz CT molecular complexity index is 405. The highest BCUT2D eigenvalue weighted by Gasteiger charge is 2.24. The van der Waals surface area contributed by atoms with Crippen LogP contribution in [-0.4, -0.2) is 30.3 Å². The fourth-order valence-electron chi connectivity index (χ4n) is 2.24. The number of hydrogen-bond donors (Lipinski definition) is 2. The monoisotopic (exact) mass is 269 g/mol. The van der Waals surface area contributed by atoms with Gasteiger partial charge in [0.15, 0.2) is 0 Å². The van der Waals surface area contributed by atoms with E-state index in [0.717, 1.165) is 32.1 Å². The Kier molecular flexibility index (Phi) is 4.60. The van der Waals surface area contributed by atoms with Crippen molar-refractivity contribution in [1.29, 1.82) is 0 Å². The molecule has 1 fully saturated rings. The molecule has 2 unspecified atom stereocenters. The maximum atomic E-state index is 12.0. The van der Waals surface area contributed by atoms with Gasteiger partial charge in [0, 0.05) is 11.4 Å². The summed E-state index contributed by atoms with van der Waals surface area (Å²) in [7, 11) is 1.58. The molecule has 0 aliphatic heterocycles. The van der Waals surface area contributed by atoms with Crippen LogP contribution < -0.4 is 10.1 Å². The Labute approximate surface area is 111 Å². The number of amides is 1. The van der Waals surface area contributed by atoms with Crippen molar-refractivity contribution in [1.82, 2.24) is 5.32 Å². The van der Waals surface area contributed by atoms with Crippen LogP contribution in [0.25, 0.3) is 0 Å². The van der Waals surface area contributed by atoms with Gasteiger partial charge in [-0.15, -0.1) is 11.3 Å². The molecule has 0 radical (unpaired) electrons. The van der Waals surface area contributed by atoms with Crippen molar-refractivity contribution in [2.24, 2.45) is 0 Å². The maximum absolute atomic E-state index is 12.0. The molecule has 1 aliphatic carbocycles. The molecule has 2 N–H and O–H groups in total. The highest BCUT2D eigenvalue weighted by atomic mass is 32.1. The molecule has 18 heavy (non-hydrogen) atoms. The summed E-state index contributed by atoms with van der Waals surface area (Å²) >= 11 is 1.36. The third-order valence-electron chi connectivity index (χ3n) is 3.33. The Morgan fingerprint density at radius 1 is 1.44 bits per heavy atom. The zero-order chi connectivity index (χ0) is 13.0. The van der Waals surface area contributed by atoms with Crippen LogP contribution in [0.2, 0.25) is 0 Å². The number of hydrogen-bond acceptors (Lipinski definition) is 4. The zero-order valence-electron chi connectivity index (χ0n) is 10.5. The predicted molar refractivity (Wildman–Crippen MR) is 71.2 cm³/mol. The van der Waals surface area contributed by atoms with Gasteiger partial charge in [-0.3, -0.25) is 4.79 Å². The summed E-state index contributed by atoms with van der Waals surface area (Å²) < 4.78 is 5.06. The predicted octanol–water partition coefficient (Wildman–Crippen LogP) is 2.18. The van der Waals surface area contributed by atoms with Crippen LogP contribution >= 0.6 is 11.3 Å². The van der Waals surface area contributed by atoms with Crippen molar-refractivity contribution in [3.63, 3.8) is 0 Å². The first-order valence-corrected chi connectivity index (χ1v) is 7.20. The van der Waals surface area contributed by atoms with Crippen LogP contribution in [0.15, 0.2) is 11.4 Å². The molecular weight excluding hydrogens is 250 g/mol. The summed E-state index contributed by atoms with van der Waals surface area (Å²) in [5.74, 6) is 0.584. The molecule has 5 heteroatoms. The number of methoxy groups -OCH3 is 1. The van der Waals surface area contributed by atoms with Crippen molar-refractivity contribution in [2.45, 2.75) is 44.2 Å². The van der Waals surface area contributed by atoms with E-state index in [1.165, 1.54) is 11.3 Å². The number of thiophene rings is 1. The second kappa shape index (κ2) is 6.20. The van der Waals surface area contributed by atoms with E-state index in [1.807, 2.05) is 0 Å². The largest absolute Gasteiger partial charge is 0.496 e. The van der Waals surface area contributed by atoms with E-state index < -0.39 is 6.10 Å². The second-order valence-electron chi connectivity index (χ2n) is 4.64. The molecule has 1 saturated carbocycles. The SMILES string of the molecule is COc1csc(C(=O)NC2CCCCCC2O)c1. The number of nitrogens with one attached hydrogen (secondary N) is 1. The molecule has 0 saturated heterocycles. The normalized spacial score (nSPS) is 24.3. The smallest absolute Gasteiger partial charge is 0.261 e. The lowest BCUT2D eigenvalue weighted by molar-refractivity contribution is 0.0822. The average Bonchev–Trinajstić information content (AvgIpc) is 2.77. The van der Waals surface area contributed by atoms with E-state index in [2.05, 4.69) is 5.32 Å². The Morgan fingerprint density at radius 2 is 2.22 bits per heavy atom. The van der Waals surface area contributed by atoms with E-state index in [1.54, 1.807) is 18.6 Å². The summed E-state index contributed by atoms with van der Waals surface area (Å²) in [6.07, 6.45) is 4.46. The van der Waals surface area contributed by atoms with Gasteiger partial charge >= 0.3 is 0 Å². The Hall–Kier alpha value is -1.07. The minimum atomic E-state index is -0.418. The quantitative estimate of drug-likeness (QED) is 0.827. The summed E-state index contributed by atoms with van der Waals surface area (Å²) in [5, 5.41) is 14.7. The molecule has 0 aromatic carbocycles. The third kappa shape index (κ3) is 3.23. The highest BCUT2D eigenvalue weighted by Crippen LogP contribution is 2.22. The molecule has 1 amide bonds. The lowest BCUT2D eigenvalue weighted by atomic mass is 10.1. The molecule has 0 bridgehead atoms. The van der Waals surface area contributed by atoms with Gasteiger partial charge in [0.25, 0.3) is 5.91 Å². The van der Waals surface area contributed by atoms with Crippen molar-refractivity contribution >= 4 is 17.2 Å². The van der Waals surface area contributed by atoms with Gasteiger partial charge in [0.1, 0.15) is 5.75 Å². The van der Waals surface area contributed by atoms with Crippen LogP contribution in [0, 0.1) is 0 Å². The van der Waals surface area contributed by atoms with Gasteiger partial charge in [0.05, 0.1) is 24.1 Å². The van der Waals surface area contributed by atoms with E-state index in [-0.39, 0.29) is 11.9 Å². The highest BCUT2D eigenvalue weighted by molar-refractivity contribution is 7.12. The summed E-state index contributed by atoms with van der Waals surface area (Å²) in [5.41, 5.74) is 0. The molecule has 2 rings (SSSR count). The topological polar surface area (TPSA) is 58.6 Å². The van der Waals surface area contributed by atoms with Gasteiger partial charge in [-0.05, 0) is 12.8 Å². The second-order valence-corrected chi connectivity index (χ2v) is 5.55. The van der Waals surface area contributed by atoms with Crippen LogP contribution in [0.4, 0.5) is 0 Å². The molecular formula is C13H19NO3S. The number of carbonyl (C=O) groups excluding carboxylic acids is 1. The third-order valence-corrected chi connectivity index (χ3v) is 4.24. The van der Waals surface area contributed by atoms with E-state index >= 15 is 0 Å². The van der Waals surface area contributed by atoms with Gasteiger partial charge in [0.2, 0.25) is 0 Å². The maximum Gasteiger partial charge on any atom is 0.261 e. The lowest BCUT2D eigenvalue weighted by Gasteiger charge is -2.21. The number of ether oxygens (including phenoxy) is 1. The number of aliphatic hydroxyl groups excluding tert-OH is 1. The molecule has 1 aromatic rings. The molecule has 1 heterocycles. The average molecular weight is 269 g/mol. The minimum absolute atomic E-state index is 0.116. The number of carbonyl (C=O) groups is 1. The minimum Gasteiger partial charge on any atom is -0.496 e. The number of aliphatic hydroxyl groups is 1. The van der Waals surface area contributed by atoms with Crippen molar-refractivity contribution in [3.05, 3.63) is 16.3 Å². The Balaban J connectivity index is 1.97. The van der Waals surface area contributed by atoms with E-state index in [9.17, 15) is 9.90 Å². The van der Waals surface area contributed by atoms with E-state index in [0.29, 0.717) is 10.6 Å². The molecule has 2 atom stereocenters. The first-order valence-electron chi connectivity index (χ1n) is 6.32. The zero-order valence-corrected chi connectivity index (χ0v) is 11.3. The fraction of sp³-hybridized carbons (Fsp3) is 0.615. The summed E-state index contributed by atoms with van der Waals surface area (Å²) in [6.45, 7) is 0. The van der Waals surface area contributed by atoms with Crippen molar-refractivity contribution in [2.75, 3.05) is 7.11 Å². The fourth-order valence-corrected chi connectivity index (χ4v) is 3.00. The standard InChI is InChI=1S/C13H19NO3S/c1-17-9-7-12(18-8-9)13(16)14-10-5-3-2-4-6-11(10)15/h7-8,10-11,15H,2-6H2,1H3,(H,14,16). The van der Waals surface area contributed by atoms with Crippen LogP contribution in [0.5, 0.6) is 5.75 Å². The van der Waals surface area contributed by atoms with Gasteiger partial charge < -0.3 is 15.2 Å². The van der Waals surface area contributed by atoms with Crippen LogP contribution in [0.1, 0.15) is 41.8 Å². The molecule has 1 aliphatic rings. The van der Waals surface area contributed by atoms with E-state index in [4.69, 9.17) is 4.74 Å². The van der Waals surface area contributed by atoms with Crippen molar-refractivity contribution in [3.8, 4) is 5.75 Å². The summed E-state index contributed by atoms with van der Waals surface area (Å²) in [4.78, 5) is 12.7. The first-order chi connectivity index (χ1) is 8.70. The van der Waals surface area contributed by atoms with Crippen LogP contribution in [0.3, 0.4) is 0 Å². The lowest BCUT2D eigenvalue weighted by Crippen LogP contribution is -2.42. The molecule has 0 spiro atoms.